The van der Waals surface area contributed by atoms with Crippen molar-refractivity contribution in [3.05, 3.63) is 47.8 Å². The van der Waals surface area contributed by atoms with Gasteiger partial charge in [0.1, 0.15) is 5.75 Å². The summed E-state index contributed by atoms with van der Waals surface area (Å²) in [4.78, 5) is 14.9. The highest BCUT2D eigenvalue weighted by Gasteiger charge is 2.25. The van der Waals surface area contributed by atoms with E-state index in [1.165, 1.54) is 24.4 Å². The molecule has 1 heterocycles. The SMILES string of the molecule is O=C(O)c1ccc(OC2CC2)c(-c2cncc(C(F)F)c2)c1. The molecule has 1 N–H and O–H groups in total. The van der Waals surface area contributed by atoms with Crippen molar-refractivity contribution >= 4 is 5.97 Å². The molecule has 1 aliphatic carbocycles. The van der Waals surface area contributed by atoms with Crippen molar-refractivity contribution in [2.24, 2.45) is 0 Å². The first-order valence-corrected chi connectivity index (χ1v) is 6.82. The summed E-state index contributed by atoms with van der Waals surface area (Å²) in [6.45, 7) is 0. The predicted molar refractivity (Wildman–Crippen MR) is 75.2 cm³/mol. The molecule has 1 aromatic heterocycles. The van der Waals surface area contributed by atoms with E-state index in [9.17, 15) is 13.6 Å². The number of carboxylic acids is 1. The Kier molecular flexibility index (Phi) is 3.75. The highest BCUT2D eigenvalue weighted by atomic mass is 19.3. The predicted octanol–water partition coefficient (Wildman–Crippen LogP) is 3.93. The highest BCUT2D eigenvalue weighted by Crippen LogP contribution is 2.36. The highest BCUT2D eigenvalue weighted by molar-refractivity contribution is 5.90. The van der Waals surface area contributed by atoms with E-state index in [0.29, 0.717) is 16.9 Å². The van der Waals surface area contributed by atoms with Gasteiger partial charge in [-0.2, -0.15) is 0 Å². The van der Waals surface area contributed by atoms with E-state index in [0.717, 1.165) is 19.0 Å². The van der Waals surface area contributed by atoms with E-state index in [2.05, 4.69) is 4.98 Å². The number of ether oxygens (including phenoxy) is 1. The van der Waals surface area contributed by atoms with Crippen LogP contribution in [0.1, 0.15) is 35.2 Å². The van der Waals surface area contributed by atoms with Crippen LogP contribution in [0.4, 0.5) is 8.78 Å². The van der Waals surface area contributed by atoms with Gasteiger partial charge < -0.3 is 9.84 Å². The molecule has 0 saturated heterocycles. The second-order valence-corrected chi connectivity index (χ2v) is 5.14. The number of nitrogens with zero attached hydrogens (tertiary/aromatic N) is 1. The lowest BCUT2D eigenvalue weighted by Gasteiger charge is -2.12. The molecule has 2 aromatic rings. The number of pyridine rings is 1. The molecule has 1 saturated carbocycles. The Bertz CT molecular complexity index is 714. The topological polar surface area (TPSA) is 59.4 Å². The molecule has 114 valence electrons. The van der Waals surface area contributed by atoms with Crippen LogP contribution in [-0.2, 0) is 0 Å². The number of alkyl halides is 2. The van der Waals surface area contributed by atoms with Gasteiger partial charge in [-0.1, -0.05) is 0 Å². The second-order valence-electron chi connectivity index (χ2n) is 5.14. The zero-order chi connectivity index (χ0) is 15.7. The smallest absolute Gasteiger partial charge is 0.335 e. The van der Waals surface area contributed by atoms with Crippen LogP contribution in [0.15, 0.2) is 36.7 Å². The minimum Gasteiger partial charge on any atom is -0.490 e. The Morgan fingerprint density at radius 2 is 2.05 bits per heavy atom. The average molecular weight is 305 g/mol. The summed E-state index contributed by atoms with van der Waals surface area (Å²) in [6, 6.07) is 5.73. The average Bonchev–Trinajstić information content (AvgIpc) is 3.31. The quantitative estimate of drug-likeness (QED) is 0.909. The summed E-state index contributed by atoms with van der Waals surface area (Å²) >= 11 is 0. The number of rotatable bonds is 5. The molecule has 0 unspecified atom stereocenters. The zero-order valence-electron chi connectivity index (χ0n) is 11.5. The molecular weight excluding hydrogens is 292 g/mol. The molecule has 0 aliphatic heterocycles. The Labute approximate surface area is 125 Å². The van der Waals surface area contributed by atoms with Gasteiger partial charge in [-0.25, -0.2) is 13.6 Å². The first-order chi connectivity index (χ1) is 10.5. The lowest BCUT2D eigenvalue weighted by Crippen LogP contribution is -2.02. The van der Waals surface area contributed by atoms with Crippen molar-refractivity contribution in [3.63, 3.8) is 0 Å². The van der Waals surface area contributed by atoms with E-state index in [1.807, 2.05) is 0 Å². The molecule has 0 bridgehead atoms. The van der Waals surface area contributed by atoms with Crippen LogP contribution in [-0.4, -0.2) is 22.2 Å². The standard InChI is InChI=1S/C16H13F2NO3/c17-15(18)11-5-10(7-19-8-11)13-6-9(16(20)21)1-4-14(13)22-12-2-3-12/h1,4-8,12,15H,2-3H2,(H,20,21). The zero-order valence-corrected chi connectivity index (χ0v) is 11.5. The summed E-state index contributed by atoms with van der Waals surface area (Å²) < 4.78 is 31.4. The fraction of sp³-hybridized carbons (Fsp3) is 0.250. The molecule has 4 nitrogen and oxygen atoms in total. The summed E-state index contributed by atoms with van der Waals surface area (Å²) in [7, 11) is 0. The van der Waals surface area contributed by atoms with Crippen molar-refractivity contribution in [3.8, 4) is 16.9 Å². The van der Waals surface area contributed by atoms with Crippen molar-refractivity contribution in [2.45, 2.75) is 25.4 Å². The van der Waals surface area contributed by atoms with E-state index < -0.39 is 12.4 Å². The fourth-order valence-corrected chi connectivity index (χ4v) is 2.08. The number of hydrogen-bond donors (Lipinski definition) is 1. The molecule has 3 rings (SSSR count). The van der Waals surface area contributed by atoms with Gasteiger partial charge in [-0.15, -0.1) is 0 Å². The van der Waals surface area contributed by atoms with Crippen LogP contribution in [0.3, 0.4) is 0 Å². The monoisotopic (exact) mass is 305 g/mol. The molecule has 0 spiro atoms. The van der Waals surface area contributed by atoms with Gasteiger partial charge in [-0.3, -0.25) is 4.98 Å². The number of aromatic carboxylic acids is 1. The van der Waals surface area contributed by atoms with Crippen LogP contribution in [0.5, 0.6) is 5.75 Å². The largest absolute Gasteiger partial charge is 0.490 e. The van der Waals surface area contributed by atoms with Gasteiger partial charge in [0.2, 0.25) is 0 Å². The van der Waals surface area contributed by atoms with Gasteiger partial charge in [-0.05, 0) is 37.1 Å². The maximum absolute atomic E-state index is 12.8. The van der Waals surface area contributed by atoms with Gasteiger partial charge >= 0.3 is 5.97 Å². The third-order valence-electron chi connectivity index (χ3n) is 3.37. The number of hydrogen-bond acceptors (Lipinski definition) is 3. The van der Waals surface area contributed by atoms with Gasteiger partial charge in [0.05, 0.1) is 11.7 Å². The molecular formula is C16H13F2NO3. The summed E-state index contributed by atoms with van der Waals surface area (Å²) in [5, 5.41) is 9.11. The van der Waals surface area contributed by atoms with E-state index in [1.54, 1.807) is 6.07 Å². The maximum Gasteiger partial charge on any atom is 0.335 e. The number of carbonyl (C=O) groups is 1. The first-order valence-electron chi connectivity index (χ1n) is 6.82. The molecule has 0 amide bonds. The number of benzene rings is 1. The third-order valence-corrected chi connectivity index (χ3v) is 3.37. The Morgan fingerprint density at radius 1 is 1.27 bits per heavy atom. The lowest BCUT2D eigenvalue weighted by molar-refractivity contribution is 0.0697. The Morgan fingerprint density at radius 3 is 2.68 bits per heavy atom. The minimum atomic E-state index is -2.64. The summed E-state index contributed by atoms with van der Waals surface area (Å²) in [5.41, 5.74) is 0.731. The van der Waals surface area contributed by atoms with Crippen molar-refractivity contribution in [1.82, 2.24) is 4.98 Å². The number of aromatic nitrogens is 1. The van der Waals surface area contributed by atoms with Gasteiger partial charge in [0.25, 0.3) is 6.43 Å². The number of halogens is 2. The molecule has 1 aromatic carbocycles. The van der Waals surface area contributed by atoms with Crippen LogP contribution < -0.4 is 4.74 Å². The molecule has 0 radical (unpaired) electrons. The van der Waals surface area contributed by atoms with Gasteiger partial charge in [0, 0.05) is 29.1 Å². The second kappa shape index (κ2) is 5.71. The van der Waals surface area contributed by atoms with Crippen LogP contribution in [0.25, 0.3) is 11.1 Å². The Balaban J connectivity index is 2.07. The normalized spacial score (nSPS) is 14.1. The first kappa shape index (κ1) is 14.4. The van der Waals surface area contributed by atoms with Gasteiger partial charge in [0.15, 0.2) is 0 Å². The molecule has 0 atom stereocenters. The molecule has 6 heteroatoms. The maximum atomic E-state index is 12.8. The summed E-state index contributed by atoms with van der Waals surface area (Å²) in [5.74, 6) is -0.599. The summed E-state index contributed by atoms with van der Waals surface area (Å²) in [6.07, 6.45) is 1.87. The van der Waals surface area contributed by atoms with E-state index >= 15 is 0 Å². The van der Waals surface area contributed by atoms with E-state index in [-0.39, 0.29) is 17.2 Å². The minimum absolute atomic E-state index is 0.0700. The van der Waals surface area contributed by atoms with E-state index in [4.69, 9.17) is 9.84 Å². The molecule has 22 heavy (non-hydrogen) atoms. The van der Waals surface area contributed by atoms with Crippen LogP contribution in [0.2, 0.25) is 0 Å². The van der Waals surface area contributed by atoms with Crippen LogP contribution in [0, 0.1) is 0 Å². The Hall–Kier alpha value is -2.50. The lowest BCUT2D eigenvalue weighted by atomic mass is 10.0. The fourth-order valence-electron chi connectivity index (χ4n) is 2.08. The van der Waals surface area contributed by atoms with Crippen LogP contribution >= 0.6 is 0 Å². The van der Waals surface area contributed by atoms with Crippen molar-refractivity contribution < 1.29 is 23.4 Å². The molecule has 1 fully saturated rings. The van der Waals surface area contributed by atoms with Crippen molar-refractivity contribution in [2.75, 3.05) is 0 Å². The van der Waals surface area contributed by atoms with Crippen molar-refractivity contribution in [1.29, 1.82) is 0 Å². The number of carboxylic acid groups (broad SMARTS) is 1. The third kappa shape index (κ3) is 3.05. The molecule has 1 aliphatic rings.